The van der Waals surface area contributed by atoms with Crippen LogP contribution in [0, 0.1) is 0 Å². The van der Waals surface area contributed by atoms with E-state index in [4.69, 9.17) is 4.74 Å². The van der Waals surface area contributed by atoms with Gasteiger partial charge in [-0.2, -0.15) is 0 Å². The van der Waals surface area contributed by atoms with Crippen molar-refractivity contribution in [1.29, 1.82) is 0 Å². The van der Waals surface area contributed by atoms with E-state index in [9.17, 15) is 4.79 Å². The van der Waals surface area contributed by atoms with Gasteiger partial charge in [0.15, 0.2) is 0 Å². The lowest BCUT2D eigenvalue weighted by molar-refractivity contribution is -0.138. The monoisotopic (exact) mass is 218 g/mol. The first-order valence-electron chi connectivity index (χ1n) is 5.27. The van der Waals surface area contributed by atoms with Gasteiger partial charge in [0.1, 0.15) is 0 Å². The van der Waals surface area contributed by atoms with Gasteiger partial charge in [0.05, 0.1) is 23.6 Å². The van der Waals surface area contributed by atoms with Crippen molar-refractivity contribution in [2.45, 2.75) is 6.92 Å². The maximum atomic E-state index is 11.5. The first-order valence-corrected chi connectivity index (χ1v) is 5.27. The number of fused-ring (bicyclic) bond motifs is 1. The van der Waals surface area contributed by atoms with E-state index in [2.05, 4.69) is 10.6 Å². The van der Waals surface area contributed by atoms with Gasteiger partial charge < -0.3 is 15.4 Å². The molecule has 1 aliphatic rings. The second kappa shape index (κ2) is 4.70. The molecule has 16 heavy (non-hydrogen) atoms. The number of anilines is 2. The molecular formula is C12H14N2O2. The van der Waals surface area contributed by atoms with E-state index in [-0.39, 0.29) is 5.97 Å². The second-order valence-corrected chi connectivity index (χ2v) is 3.43. The number of rotatable bonds is 2. The highest BCUT2D eigenvalue weighted by atomic mass is 16.5. The van der Waals surface area contributed by atoms with Crippen molar-refractivity contribution in [3.05, 3.63) is 36.0 Å². The van der Waals surface area contributed by atoms with Gasteiger partial charge in [-0.3, -0.25) is 0 Å². The van der Waals surface area contributed by atoms with E-state index in [0.29, 0.717) is 18.7 Å². The van der Waals surface area contributed by atoms with Crippen LogP contribution in [0.15, 0.2) is 36.0 Å². The Bertz CT molecular complexity index is 427. The van der Waals surface area contributed by atoms with Crippen LogP contribution in [-0.4, -0.2) is 19.1 Å². The van der Waals surface area contributed by atoms with Gasteiger partial charge in [-0.05, 0) is 19.1 Å². The fourth-order valence-electron chi connectivity index (χ4n) is 1.52. The summed E-state index contributed by atoms with van der Waals surface area (Å²) in [5.41, 5.74) is 2.54. The summed E-state index contributed by atoms with van der Waals surface area (Å²) in [6, 6.07) is 7.80. The molecule has 1 aliphatic heterocycles. The van der Waals surface area contributed by atoms with E-state index in [1.165, 1.54) is 0 Å². The molecule has 0 aliphatic carbocycles. The minimum Gasteiger partial charge on any atom is -0.463 e. The third-order valence-corrected chi connectivity index (χ3v) is 2.34. The predicted molar refractivity (Wildman–Crippen MR) is 63.3 cm³/mol. The Morgan fingerprint density at radius 2 is 2.12 bits per heavy atom. The fourth-order valence-corrected chi connectivity index (χ4v) is 1.52. The number of nitrogens with one attached hydrogen (secondary N) is 2. The normalized spacial score (nSPS) is 13.7. The lowest BCUT2D eigenvalue weighted by Crippen LogP contribution is -2.15. The SMILES string of the molecule is CCOC(=O)C1=CNc2ccccc2NC1. The molecule has 0 aromatic heterocycles. The number of para-hydroxylation sites is 2. The third kappa shape index (κ3) is 2.16. The lowest BCUT2D eigenvalue weighted by Gasteiger charge is -2.07. The summed E-state index contributed by atoms with van der Waals surface area (Å²) in [4.78, 5) is 11.5. The average molecular weight is 218 g/mol. The smallest absolute Gasteiger partial charge is 0.337 e. The molecule has 1 heterocycles. The molecule has 2 N–H and O–H groups in total. The average Bonchev–Trinajstić information content (AvgIpc) is 2.51. The summed E-state index contributed by atoms with van der Waals surface area (Å²) < 4.78 is 4.95. The van der Waals surface area contributed by atoms with E-state index < -0.39 is 0 Å². The van der Waals surface area contributed by atoms with Gasteiger partial charge >= 0.3 is 5.97 Å². The highest BCUT2D eigenvalue weighted by Crippen LogP contribution is 2.23. The van der Waals surface area contributed by atoms with E-state index in [1.807, 2.05) is 24.3 Å². The van der Waals surface area contributed by atoms with Crippen molar-refractivity contribution in [3.8, 4) is 0 Å². The van der Waals surface area contributed by atoms with Crippen molar-refractivity contribution < 1.29 is 9.53 Å². The van der Waals surface area contributed by atoms with Gasteiger partial charge in [-0.1, -0.05) is 12.1 Å². The topological polar surface area (TPSA) is 50.4 Å². The molecule has 0 amide bonds. The number of hydrogen-bond donors (Lipinski definition) is 2. The van der Waals surface area contributed by atoms with Crippen molar-refractivity contribution in [1.82, 2.24) is 0 Å². The molecule has 1 aromatic rings. The zero-order chi connectivity index (χ0) is 11.4. The predicted octanol–water partition coefficient (Wildman–Crippen LogP) is 1.97. The third-order valence-electron chi connectivity index (χ3n) is 2.34. The van der Waals surface area contributed by atoms with Crippen LogP contribution in [0.4, 0.5) is 11.4 Å². The van der Waals surface area contributed by atoms with Gasteiger partial charge in [-0.15, -0.1) is 0 Å². The minimum absolute atomic E-state index is 0.282. The highest BCUT2D eigenvalue weighted by Gasteiger charge is 2.14. The number of ether oxygens (including phenoxy) is 1. The van der Waals surface area contributed by atoms with Gasteiger partial charge in [-0.25, -0.2) is 4.79 Å². The van der Waals surface area contributed by atoms with Gasteiger partial charge in [0, 0.05) is 12.7 Å². The minimum atomic E-state index is -0.282. The Hall–Kier alpha value is -1.97. The summed E-state index contributed by atoms with van der Waals surface area (Å²) in [5.74, 6) is -0.282. The van der Waals surface area contributed by atoms with Crippen LogP contribution >= 0.6 is 0 Å². The molecule has 2 rings (SSSR count). The molecule has 4 heteroatoms. The molecule has 0 saturated carbocycles. The Labute approximate surface area is 94.3 Å². The summed E-state index contributed by atoms with van der Waals surface area (Å²) in [6.07, 6.45) is 1.69. The van der Waals surface area contributed by atoms with Crippen LogP contribution in [-0.2, 0) is 9.53 Å². The molecule has 4 nitrogen and oxygen atoms in total. The Morgan fingerprint density at radius 1 is 1.38 bits per heavy atom. The Morgan fingerprint density at radius 3 is 2.88 bits per heavy atom. The van der Waals surface area contributed by atoms with Crippen molar-refractivity contribution in [2.24, 2.45) is 0 Å². The van der Waals surface area contributed by atoms with Crippen LogP contribution in [0.25, 0.3) is 0 Å². The summed E-state index contributed by atoms with van der Waals surface area (Å²) >= 11 is 0. The van der Waals surface area contributed by atoms with Gasteiger partial charge in [0.25, 0.3) is 0 Å². The highest BCUT2D eigenvalue weighted by molar-refractivity contribution is 5.91. The molecular weight excluding hydrogens is 204 g/mol. The number of esters is 1. The molecule has 1 aromatic carbocycles. The molecule has 0 spiro atoms. The standard InChI is InChI=1S/C12H14N2O2/c1-2-16-12(15)9-7-13-10-5-3-4-6-11(10)14-8-9/h3-7,13-14H,2,8H2,1H3. The lowest BCUT2D eigenvalue weighted by atomic mass is 10.2. The number of carbonyl (C=O) groups is 1. The molecule has 0 fully saturated rings. The van der Waals surface area contributed by atoms with Crippen LogP contribution in [0.1, 0.15) is 6.92 Å². The molecule has 0 atom stereocenters. The zero-order valence-corrected chi connectivity index (χ0v) is 9.12. The van der Waals surface area contributed by atoms with Crippen molar-refractivity contribution in [3.63, 3.8) is 0 Å². The van der Waals surface area contributed by atoms with Crippen LogP contribution < -0.4 is 10.6 Å². The molecule has 0 unspecified atom stereocenters. The molecule has 0 bridgehead atoms. The summed E-state index contributed by atoms with van der Waals surface area (Å²) in [7, 11) is 0. The van der Waals surface area contributed by atoms with Crippen LogP contribution in [0.3, 0.4) is 0 Å². The number of carbonyl (C=O) groups excluding carboxylic acids is 1. The number of hydrogen-bond acceptors (Lipinski definition) is 4. The quantitative estimate of drug-likeness (QED) is 0.745. The molecule has 0 radical (unpaired) electrons. The number of benzene rings is 1. The first kappa shape index (κ1) is 10.5. The maximum absolute atomic E-state index is 11.5. The van der Waals surface area contributed by atoms with E-state index in [1.54, 1.807) is 13.1 Å². The first-order chi connectivity index (χ1) is 7.81. The van der Waals surface area contributed by atoms with Crippen LogP contribution in [0.5, 0.6) is 0 Å². The maximum Gasteiger partial charge on any atom is 0.337 e. The van der Waals surface area contributed by atoms with E-state index >= 15 is 0 Å². The summed E-state index contributed by atoms with van der Waals surface area (Å²) in [5, 5.41) is 6.27. The Balaban J connectivity index is 2.14. The molecule has 84 valence electrons. The van der Waals surface area contributed by atoms with Crippen molar-refractivity contribution >= 4 is 17.3 Å². The largest absolute Gasteiger partial charge is 0.463 e. The van der Waals surface area contributed by atoms with Crippen molar-refractivity contribution in [2.75, 3.05) is 23.8 Å². The Kier molecular flexibility index (Phi) is 3.10. The fraction of sp³-hybridized carbons (Fsp3) is 0.250. The zero-order valence-electron chi connectivity index (χ0n) is 9.12. The second-order valence-electron chi connectivity index (χ2n) is 3.43. The van der Waals surface area contributed by atoms with Gasteiger partial charge in [0.2, 0.25) is 0 Å². The van der Waals surface area contributed by atoms with Crippen LogP contribution in [0.2, 0.25) is 0 Å². The molecule has 0 saturated heterocycles. The van der Waals surface area contributed by atoms with E-state index in [0.717, 1.165) is 11.4 Å². The summed E-state index contributed by atoms with van der Waals surface area (Å²) in [6.45, 7) is 2.66.